The minimum Gasteiger partial charge on any atom is -0.309 e. The third kappa shape index (κ3) is 2.33. The molecular formula is C16H15N3. The second-order valence-corrected chi connectivity index (χ2v) is 4.46. The Morgan fingerprint density at radius 1 is 1.00 bits per heavy atom. The van der Waals surface area contributed by atoms with Gasteiger partial charge < -0.3 is 5.32 Å². The van der Waals surface area contributed by atoms with Crippen molar-refractivity contribution in [3.8, 4) is 0 Å². The van der Waals surface area contributed by atoms with Crippen LogP contribution in [0.15, 0.2) is 61.1 Å². The Balaban J connectivity index is 2.06. The van der Waals surface area contributed by atoms with Crippen LogP contribution in [-0.2, 0) is 0 Å². The van der Waals surface area contributed by atoms with Gasteiger partial charge >= 0.3 is 0 Å². The summed E-state index contributed by atoms with van der Waals surface area (Å²) in [6, 6.07) is 14.6. The van der Waals surface area contributed by atoms with Crippen molar-refractivity contribution in [1.29, 1.82) is 0 Å². The molecule has 1 N–H and O–H groups in total. The Kier molecular flexibility index (Phi) is 3.21. The fourth-order valence-corrected chi connectivity index (χ4v) is 2.35. The molecule has 3 heteroatoms. The number of aromatic nitrogens is 2. The van der Waals surface area contributed by atoms with E-state index in [4.69, 9.17) is 0 Å². The van der Waals surface area contributed by atoms with E-state index in [0.29, 0.717) is 0 Å². The van der Waals surface area contributed by atoms with Gasteiger partial charge in [-0.05, 0) is 42.4 Å². The quantitative estimate of drug-likeness (QED) is 0.775. The molecule has 0 amide bonds. The van der Waals surface area contributed by atoms with E-state index < -0.39 is 0 Å². The van der Waals surface area contributed by atoms with Gasteiger partial charge in [0.15, 0.2) is 0 Å². The van der Waals surface area contributed by atoms with Crippen molar-refractivity contribution in [2.45, 2.75) is 6.04 Å². The highest BCUT2D eigenvalue weighted by Crippen LogP contribution is 2.23. The minimum atomic E-state index is 0.151. The number of nitrogens with one attached hydrogen (secondary N) is 1. The molecule has 0 aliphatic heterocycles. The number of fused-ring (bicyclic) bond motifs is 1. The van der Waals surface area contributed by atoms with Crippen molar-refractivity contribution < 1.29 is 0 Å². The lowest BCUT2D eigenvalue weighted by molar-refractivity contribution is 0.689. The molecule has 0 spiro atoms. The van der Waals surface area contributed by atoms with Crippen molar-refractivity contribution in [2.24, 2.45) is 0 Å². The maximum Gasteiger partial charge on any atom is 0.0702 e. The van der Waals surface area contributed by atoms with Gasteiger partial charge in [0.25, 0.3) is 0 Å². The summed E-state index contributed by atoms with van der Waals surface area (Å²) in [5, 5.41) is 4.50. The number of nitrogens with zero attached hydrogens (tertiary/aromatic N) is 2. The molecule has 0 fully saturated rings. The van der Waals surface area contributed by atoms with Gasteiger partial charge in [-0.15, -0.1) is 0 Å². The molecule has 0 bridgehead atoms. The van der Waals surface area contributed by atoms with Crippen LogP contribution < -0.4 is 5.32 Å². The molecule has 1 unspecified atom stereocenters. The molecule has 19 heavy (non-hydrogen) atoms. The molecule has 0 radical (unpaired) electrons. The molecule has 0 aliphatic rings. The number of hydrogen-bond acceptors (Lipinski definition) is 3. The topological polar surface area (TPSA) is 37.8 Å². The summed E-state index contributed by atoms with van der Waals surface area (Å²) >= 11 is 0. The molecule has 3 aromatic rings. The highest BCUT2D eigenvalue weighted by molar-refractivity contribution is 5.79. The normalized spacial score (nSPS) is 12.5. The maximum atomic E-state index is 4.35. The SMILES string of the molecule is CNC(c1cccnc1)c1ccc2ncccc2c1. The summed E-state index contributed by atoms with van der Waals surface area (Å²) in [7, 11) is 1.96. The zero-order valence-corrected chi connectivity index (χ0v) is 10.7. The van der Waals surface area contributed by atoms with Gasteiger partial charge in [-0.1, -0.05) is 18.2 Å². The second-order valence-electron chi connectivity index (χ2n) is 4.46. The lowest BCUT2D eigenvalue weighted by Gasteiger charge is -2.17. The van der Waals surface area contributed by atoms with Crippen LogP contribution in [0.5, 0.6) is 0 Å². The lowest BCUT2D eigenvalue weighted by atomic mass is 9.99. The number of hydrogen-bond donors (Lipinski definition) is 1. The fourth-order valence-electron chi connectivity index (χ4n) is 2.35. The first-order valence-electron chi connectivity index (χ1n) is 6.30. The van der Waals surface area contributed by atoms with Crippen LogP contribution in [0.2, 0.25) is 0 Å². The van der Waals surface area contributed by atoms with E-state index >= 15 is 0 Å². The van der Waals surface area contributed by atoms with E-state index in [1.807, 2.05) is 31.6 Å². The molecule has 0 saturated carbocycles. The molecule has 3 rings (SSSR count). The highest BCUT2D eigenvalue weighted by atomic mass is 14.9. The molecule has 94 valence electrons. The van der Waals surface area contributed by atoms with Crippen molar-refractivity contribution in [3.63, 3.8) is 0 Å². The van der Waals surface area contributed by atoms with E-state index in [0.717, 1.165) is 16.5 Å². The average molecular weight is 249 g/mol. The third-order valence-electron chi connectivity index (χ3n) is 3.27. The highest BCUT2D eigenvalue weighted by Gasteiger charge is 2.12. The van der Waals surface area contributed by atoms with Crippen molar-refractivity contribution in [2.75, 3.05) is 7.05 Å². The Hall–Kier alpha value is -2.26. The van der Waals surface area contributed by atoms with Gasteiger partial charge in [0.1, 0.15) is 0 Å². The summed E-state index contributed by atoms with van der Waals surface area (Å²) in [6.07, 6.45) is 5.51. The molecule has 0 aliphatic carbocycles. The summed E-state index contributed by atoms with van der Waals surface area (Å²) in [6.45, 7) is 0. The minimum absolute atomic E-state index is 0.151. The number of benzene rings is 1. The van der Waals surface area contributed by atoms with Crippen molar-refractivity contribution in [3.05, 3.63) is 72.2 Å². The van der Waals surface area contributed by atoms with Crippen LogP contribution in [0.25, 0.3) is 10.9 Å². The molecule has 2 aromatic heterocycles. The summed E-state index contributed by atoms with van der Waals surface area (Å²) < 4.78 is 0. The average Bonchev–Trinajstić information content (AvgIpc) is 2.49. The van der Waals surface area contributed by atoms with Crippen LogP contribution in [0.4, 0.5) is 0 Å². The predicted octanol–water partition coefficient (Wildman–Crippen LogP) is 2.94. The Morgan fingerprint density at radius 2 is 1.89 bits per heavy atom. The van der Waals surface area contributed by atoms with Crippen LogP contribution in [0.1, 0.15) is 17.2 Å². The van der Waals surface area contributed by atoms with Gasteiger partial charge in [-0.2, -0.15) is 0 Å². The first kappa shape index (κ1) is 11.8. The van der Waals surface area contributed by atoms with Crippen LogP contribution in [0, 0.1) is 0 Å². The Bertz CT molecular complexity index is 680. The first-order chi connectivity index (χ1) is 9.38. The van der Waals surface area contributed by atoms with E-state index in [2.05, 4.69) is 45.6 Å². The van der Waals surface area contributed by atoms with Crippen LogP contribution in [-0.4, -0.2) is 17.0 Å². The smallest absolute Gasteiger partial charge is 0.0702 e. The lowest BCUT2D eigenvalue weighted by Crippen LogP contribution is -2.17. The molecule has 2 heterocycles. The fraction of sp³-hybridized carbons (Fsp3) is 0.125. The number of rotatable bonds is 3. The zero-order chi connectivity index (χ0) is 13.1. The summed E-state index contributed by atoms with van der Waals surface area (Å²) in [4.78, 5) is 8.54. The maximum absolute atomic E-state index is 4.35. The first-order valence-corrected chi connectivity index (χ1v) is 6.30. The molecule has 1 aromatic carbocycles. The van der Waals surface area contributed by atoms with Gasteiger partial charge in [-0.3, -0.25) is 9.97 Å². The standard InChI is InChI=1S/C16H15N3/c1-17-16(14-5-2-8-18-11-14)13-6-7-15-12(10-13)4-3-9-19-15/h2-11,16-17H,1H3. The van der Waals surface area contributed by atoms with E-state index in [1.54, 1.807) is 6.20 Å². The Morgan fingerprint density at radius 3 is 2.68 bits per heavy atom. The van der Waals surface area contributed by atoms with Crippen LogP contribution in [0.3, 0.4) is 0 Å². The van der Waals surface area contributed by atoms with E-state index in [-0.39, 0.29) is 6.04 Å². The summed E-state index contributed by atoms with van der Waals surface area (Å²) in [5.74, 6) is 0. The van der Waals surface area contributed by atoms with Gasteiger partial charge in [0.05, 0.1) is 11.6 Å². The molecule has 1 atom stereocenters. The zero-order valence-electron chi connectivity index (χ0n) is 10.7. The second kappa shape index (κ2) is 5.16. The van der Waals surface area contributed by atoms with E-state index in [1.165, 1.54) is 5.56 Å². The molecule has 3 nitrogen and oxygen atoms in total. The molecular weight excluding hydrogens is 234 g/mol. The largest absolute Gasteiger partial charge is 0.309 e. The summed E-state index contributed by atoms with van der Waals surface area (Å²) in [5.41, 5.74) is 3.40. The number of pyridine rings is 2. The monoisotopic (exact) mass is 249 g/mol. The van der Waals surface area contributed by atoms with Crippen LogP contribution >= 0.6 is 0 Å². The van der Waals surface area contributed by atoms with E-state index in [9.17, 15) is 0 Å². The van der Waals surface area contributed by atoms with Crippen molar-refractivity contribution in [1.82, 2.24) is 15.3 Å². The Labute approximate surface area is 112 Å². The van der Waals surface area contributed by atoms with Gasteiger partial charge in [0.2, 0.25) is 0 Å². The third-order valence-corrected chi connectivity index (χ3v) is 3.27. The van der Waals surface area contributed by atoms with Gasteiger partial charge in [-0.25, -0.2) is 0 Å². The predicted molar refractivity (Wildman–Crippen MR) is 76.9 cm³/mol. The van der Waals surface area contributed by atoms with Crippen molar-refractivity contribution >= 4 is 10.9 Å². The van der Waals surface area contributed by atoms with Gasteiger partial charge in [0, 0.05) is 24.0 Å². The molecule has 0 saturated heterocycles.